The lowest BCUT2D eigenvalue weighted by molar-refractivity contribution is -0.438. The van der Waals surface area contributed by atoms with Crippen molar-refractivity contribution in [1.29, 1.82) is 0 Å². The van der Waals surface area contributed by atoms with Crippen molar-refractivity contribution in [2.45, 2.75) is 206 Å². The zero-order valence-corrected chi connectivity index (χ0v) is 40.2. The van der Waals surface area contributed by atoms with E-state index in [-0.39, 0.29) is 10.8 Å². The maximum absolute atomic E-state index is 2.64. The third-order valence-electron chi connectivity index (χ3n) is 13.3. The number of hydrogen-bond donors (Lipinski definition) is 0. The number of hydrogen-bond acceptors (Lipinski definition) is 1. The van der Waals surface area contributed by atoms with Crippen LogP contribution >= 0.6 is 0 Å². The summed E-state index contributed by atoms with van der Waals surface area (Å²) in [7, 11) is 0. The second-order valence-electron chi connectivity index (χ2n) is 19.1. The molecule has 2 heterocycles. The predicted molar refractivity (Wildman–Crippen MR) is 272 cm³/mol. The molecule has 0 aromatic heterocycles. The Morgan fingerprint density at radius 2 is 0.967 bits per heavy atom. The van der Waals surface area contributed by atoms with Gasteiger partial charge in [-0.2, -0.15) is 4.58 Å². The summed E-state index contributed by atoms with van der Waals surface area (Å²) in [5, 5.41) is 0. The second kappa shape index (κ2) is 28.9. The van der Waals surface area contributed by atoms with Gasteiger partial charge in [0.1, 0.15) is 6.54 Å². The summed E-state index contributed by atoms with van der Waals surface area (Å²) in [4.78, 5) is 2.64. The highest BCUT2D eigenvalue weighted by atomic mass is 15.2. The molecule has 2 aliphatic rings. The molecule has 0 N–H and O–H groups in total. The Morgan fingerprint density at radius 3 is 1.54 bits per heavy atom. The minimum atomic E-state index is -0.0288. The van der Waals surface area contributed by atoms with E-state index in [0.717, 1.165) is 25.9 Å². The standard InChI is InChI=1S/C59H89N2/c1-7-9-11-13-15-17-19-21-23-25-27-29-31-33-35-41-50-60-54-46-39-37-44-52(54)58(3,4)56(60)48-43-49-57-59(5,6)53-45-38-40-47-55(53)61(57)51-42-36-34-32-30-28-26-24-22-20-18-16-14-12-10-8-2/h15-18,21-24,37-40,43-49H,7-14,19-20,25-36,41-42,50-51H2,1-6H3/q+1/b17-15+,18-16+,23-21+,24-22+. The maximum atomic E-state index is 2.64. The number of allylic oxidation sites excluding steroid dienone is 12. The second-order valence-corrected chi connectivity index (χ2v) is 19.1. The molecular formula is C59H89N2+. The maximum Gasteiger partial charge on any atom is 0.209 e. The van der Waals surface area contributed by atoms with Crippen molar-refractivity contribution in [1.82, 2.24) is 0 Å². The summed E-state index contributed by atoms with van der Waals surface area (Å²) in [6.07, 6.45) is 57.0. The van der Waals surface area contributed by atoms with Crippen molar-refractivity contribution in [2.24, 2.45) is 0 Å². The van der Waals surface area contributed by atoms with Gasteiger partial charge in [-0.3, -0.25) is 0 Å². The highest BCUT2D eigenvalue weighted by molar-refractivity contribution is 6.03. The Hall–Kier alpha value is -3.65. The van der Waals surface area contributed by atoms with Gasteiger partial charge < -0.3 is 4.90 Å². The molecule has 2 aromatic carbocycles. The van der Waals surface area contributed by atoms with Gasteiger partial charge in [0.05, 0.1) is 5.41 Å². The molecule has 0 atom stereocenters. The van der Waals surface area contributed by atoms with Gasteiger partial charge in [-0.15, -0.1) is 0 Å². The van der Waals surface area contributed by atoms with Crippen molar-refractivity contribution >= 4 is 17.1 Å². The van der Waals surface area contributed by atoms with E-state index in [1.165, 1.54) is 175 Å². The van der Waals surface area contributed by atoms with E-state index in [0.29, 0.717) is 0 Å². The number of anilines is 1. The van der Waals surface area contributed by atoms with Crippen molar-refractivity contribution in [3.8, 4) is 0 Å². The van der Waals surface area contributed by atoms with Crippen molar-refractivity contribution in [3.63, 3.8) is 0 Å². The summed E-state index contributed by atoms with van der Waals surface area (Å²) in [5.74, 6) is 0. The fourth-order valence-corrected chi connectivity index (χ4v) is 9.51. The van der Waals surface area contributed by atoms with E-state index < -0.39 is 0 Å². The van der Waals surface area contributed by atoms with E-state index in [4.69, 9.17) is 0 Å². The van der Waals surface area contributed by atoms with Gasteiger partial charge in [0, 0.05) is 47.5 Å². The third-order valence-corrected chi connectivity index (χ3v) is 13.3. The summed E-state index contributed by atoms with van der Waals surface area (Å²) in [5.41, 5.74) is 8.50. The molecule has 334 valence electrons. The first kappa shape index (κ1) is 50.0. The summed E-state index contributed by atoms with van der Waals surface area (Å²) in [6.45, 7) is 16.4. The van der Waals surface area contributed by atoms with Crippen molar-refractivity contribution in [3.05, 3.63) is 132 Å². The molecule has 0 bridgehead atoms. The topological polar surface area (TPSA) is 6.25 Å². The first-order valence-electron chi connectivity index (χ1n) is 25.4. The molecule has 0 saturated heterocycles. The van der Waals surface area contributed by atoms with Gasteiger partial charge in [0.2, 0.25) is 5.69 Å². The van der Waals surface area contributed by atoms with Gasteiger partial charge in [0.15, 0.2) is 5.71 Å². The average Bonchev–Trinajstić information content (AvgIpc) is 3.61. The Bertz CT molecular complexity index is 1740. The zero-order valence-electron chi connectivity index (χ0n) is 40.2. The Kier molecular flexibility index (Phi) is 23.7. The highest BCUT2D eigenvalue weighted by Gasteiger charge is 2.44. The van der Waals surface area contributed by atoms with E-state index in [9.17, 15) is 0 Å². The van der Waals surface area contributed by atoms with Crippen LogP contribution in [0.25, 0.3) is 0 Å². The lowest BCUT2D eigenvalue weighted by atomic mass is 9.81. The van der Waals surface area contributed by atoms with E-state index in [1.807, 2.05) is 0 Å². The first-order valence-corrected chi connectivity index (χ1v) is 25.4. The molecule has 0 unspecified atom stereocenters. The quantitative estimate of drug-likeness (QED) is 0.0405. The first-order chi connectivity index (χ1) is 29.8. The Balaban J connectivity index is 1.27. The fourth-order valence-electron chi connectivity index (χ4n) is 9.51. The van der Waals surface area contributed by atoms with Crippen LogP contribution in [0.4, 0.5) is 11.4 Å². The van der Waals surface area contributed by atoms with Gasteiger partial charge in [-0.05, 0) is 109 Å². The normalized spacial score (nSPS) is 16.6. The lowest BCUT2D eigenvalue weighted by Crippen LogP contribution is -2.28. The summed E-state index contributed by atoms with van der Waals surface area (Å²) in [6, 6.07) is 18.3. The van der Waals surface area contributed by atoms with Crippen LogP contribution in [-0.4, -0.2) is 23.4 Å². The van der Waals surface area contributed by atoms with Crippen LogP contribution in [0, 0.1) is 0 Å². The Morgan fingerprint density at radius 1 is 0.492 bits per heavy atom. The molecule has 2 nitrogen and oxygen atoms in total. The summed E-state index contributed by atoms with van der Waals surface area (Å²) >= 11 is 0. The number of unbranched alkanes of at least 4 members (excludes halogenated alkanes) is 18. The molecule has 0 aliphatic carbocycles. The van der Waals surface area contributed by atoms with Gasteiger partial charge in [-0.1, -0.05) is 189 Å². The van der Waals surface area contributed by atoms with Crippen LogP contribution in [0.2, 0.25) is 0 Å². The van der Waals surface area contributed by atoms with Crippen molar-refractivity contribution < 1.29 is 4.58 Å². The number of nitrogens with zero attached hydrogens (tertiary/aromatic N) is 2. The molecule has 61 heavy (non-hydrogen) atoms. The third kappa shape index (κ3) is 16.5. The van der Waals surface area contributed by atoms with E-state index in [1.54, 1.807) is 0 Å². The molecule has 2 heteroatoms. The Labute approximate surface area is 376 Å². The molecule has 0 spiro atoms. The van der Waals surface area contributed by atoms with Crippen LogP contribution in [0.1, 0.15) is 207 Å². The van der Waals surface area contributed by atoms with E-state index >= 15 is 0 Å². The molecule has 0 saturated carbocycles. The van der Waals surface area contributed by atoms with E-state index in [2.05, 4.69) is 166 Å². The number of rotatable bonds is 32. The minimum absolute atomic E-state index is 0.0288. The van der Waals surface area contributed by atoms with Gasteiger partial charge in [0.25, 0.3) is 0 Å². The molecule has 2 aromatic rings. The fraction of sp³-hybridized carbons (Fsp3) is 0.576. The minimum Gasteiger partial charge on any atom is -0.344 e. The zero-order chi connectivity index (χ0) is 43.4. The molecule has 0 radical (unpaired) electrons. The predicted octanol–water partition coefficient (Wildman–Crippen LogP) is 17.9. The number of para-hydroxylation sites is 2. The van der Waals surface area contributed by atoms with Crippen molar-refractivity contribution in [2.75, 3.05) is 18.0 Å². The van der Waals surface area contributed by atoms with Gasteiger partial charge >= 0.3 is 0 Å². The smallest absolute Gasteiger partial charge is 0.209 e. The molecule has 0 fully saturated rings. The lowest BCUT2D eigenvalue weighted by Gasteiger charge is -2.27. The van der Waals surface area contributed by atoms with Crippen LogP contribution in [0.5, 0.6) is 0 Å². The van der Waals surface area contributed by atoms with Crippen LogP contribution < -0.4 is 4.90 Å². The number of benzene rings is 2. The molecule has 4 rings (SSSR count). The monoisotopic (exact) mass is 826 g/mol. The highest BCUT2D eigenvalue weighted by Crippen LogP contribution is 2.48. The average molecular weight is 826 g/mol. The summed E-state index contributed by atoms with van der Waals surface area (Å²) < 4.78 is 2.64. The molecular weight excluding hydrogens is 737 g/mol. The number of fused-ring (bicyclic) bond motifs is 2. The van der Waals surface area contributed by atoms with Crippen LogP contribution in [0.15, 0.2) is 121 Å². The van der Waals surface area contributed by atoms with Gasteiger partial charge in [-0.25, -0.2) is 0 Å². The largest absolute Gasteiger partial charge is 0.344 e. The molecule has 2 aliphatic heterocycles. The van der Waals surface area contributed by atoms with Crippen LogP contribution in [0.3, 0.4) is 0 Å². The molecule has 0 amide bonds. The SMILES string of the molecule is CCCCC/C=C/C/C=C/CCCCCCCCN1/C(=C/C=C/C2=[N+](CCCCCCCC/C=C/C/C=C/CCCCC)c3ccccc3C2(C)C)C(C)(C)c2ccccc21. The van der Waals surface area contributed by atoms with Crippen LogP contribution in [-0.2, 0) is 10.8 Å².